The van der Waals surface area contributed by atoms with E-state index in [0.29, 0.717) is 5.37 Å². The lowest BCUT2D eigenvalue weighted by atomic mass is 10.0. The van der Waals surface area contributed by atoms with Crippen molar-refractivity contribution in [1.82, 2.24) is 0 Å². The number of fused-ring (bicyclic) bond motifs is 4. The molecule has 2 heterocycles. The summed E-state index contributed by atoms with van der Waals surface area (Å²) >= 11 is 1.95. The number of hydrogen-bond acceptors (Lipinski definition) is 3. The highest BCUT2D eigenvalue weighted by Crippen LogP contribution is 2.47. The molecule has 0 aromatic heterocycles. The van der Waals surface area contributed by atoms with Gasteiger partial charge >= 0.3 is 0 Å². The fourth-order valence-electron chi connectivity index (χ4n) is 4.46. The number of benzene rings is 3. The van der Waals surface area contributed by atoms with E-state index in [1.54, 1.807) is 0 Å². The van der Waals surface area contributed by atoms with Crippen molar-refractivity contribution in [2.75, 3.05) is 22.9 Å². The molecule has 5 rings (SSSR count). The average Bonchev–Trinajstić information content (AvgIpc) is 3.14. The first-order chi connectivity index (χ1) is 14.3. The van der Waals surface area contributed by atoms with Gasteiger partial charge in [-0.3, -0.25) is 0 Å². The first-order valence-corrected chi connectivity index (χ1v) is 11.4. The lowest BCUT2D eigenvalue weighted by molar-refractivity contribution is 0.763. The molecule has 0 fully saturated rings. The Labute approximate surface area is 177 Å². The van der Waals surface area contributed by atoms with Gasteiger partial charge < -0.3 is 9.80 Å². The Hall–Kier alpha value is -2.65. The lowest BCUT2D eigenvalue weighted by Gasteiger charge is -2.28. The molecule has 3 heteroatoms. The van der Waals surface area contributed by atoms with Crippen molar-refractivity contribution in [3.05, 3.63) is 90.7 Å². The molecule has 0 N–H and O–H groups in total. The number of allylic oxidation sites excluding steroid dienone is 2. The second kappa shape index (κ2) is 8.00. The molecule has 146 valence electrons. The van der Waals surface area contributed by atoms with Crippen LogP contribution in [-0.4, -0.2) is 18.5 Å². The fourth-order valence-corrected chi connectivity index (χ4v) is 5.76. The summed E-state index contributed by atoms with van der Waals surface area (Å²) in [6, 6.07) is 22.0. The molecule has 3 aromatic carbocycles. The summed E-state index contributed by atoms with van der Waals surface area (Å²) in [6.07, 6.45) is 11.4. The zero-order chi connectivity index (χ0) is 19.6. The maximum absolute atomic E-state index is 2.52. The van der Waals surface area contributed by atoms with Crippen LogP contribution in [0.5, 0.6) is 0 Å². The Balaban J connectivity index is 1.35. The number of para-hydroxylation sites is 1. The third-order valence-corrected chi connectivity index (χ3v) is 7.08. The van der Waals surface area contributed by atoms with Crippen LogP contribution in [0.1, 0.15) is 18.9 Å². The molecular weight excluding hydrogens is 372 g/mol. The Bertz CT molecular complexity index is 1090. The van der Waals surface area contributed by atoms with E-state index in [4.69, 9.17) is 0 Å². The zero-order valence-electron chi connectivity index (χ0n) is 16.8. The standard InChI is InChI=1S/C26H26N2S/c1-2-28-25(29-24-17-16-20-10-3-5-13-22(20)26(24)28)15-7-8-18-27-19-9-12-21-11-4-6-14-23(21)27/h3-8,10-11,13-18,25H,2,9,12,19H2,1H3. The summed E-state index contributed by atoms with van der Waals surface area (Å²) in [5.41, 5.74) is 4.20. The highest BCUT2D eigenvalue weighted by molar-refractivity contribution is 8.00. The Kier molecular flexibility index (Phi) is 5.07. The minimum absolute atomic E-state index is 0.346. The number of thioether (sulfide) groups is 1. The van der Waals surface area contributed by atoms with Crippen LogP contribution in [0.2, 0.25) is 0 Å². The third-order valence-electron chi connectivity index (χ3n) is 5.85. The van der Waals surface area contributed by atoms with E-state index in [1.165, 1.54) is 45.4 Å². The van der Waals surface area contributed by atoms with Gasteiger partial charge in [0.1, 0.15) is 0 Å². The Morgan fingerprint density at radius 1 is 1.00 bits per heavy atom. The number of nitrogens with zero attached hydrogens (tertiary/aromatic N) is 2. The molecule has 2 nitrogen and oxygen atoms in total. The molecule has 0 saturated heterocycles. The Morgan fingerprint density at radius 3 is 2.79 bits per heavy atom. The minimum atomic E-state index is 0.346. The van der Waals surface area contributed by atoms with Gasteiger partial charge in [-0.1, -0.05) is 72.4 Å². The van der Waals surface area contributed by atoms with E-state index in [2.05, 4.69) is 102 Å². The molecule has 0 aliphatic carbocycles. The van der Waals surface area contributed by atoms with Gasteiger partial charge in [-0.25, -0.2) is 0 Å². The maximum Gasteiger partial charge on any atom is 0.0985 e. The predicted molar refractivity (Wildman–Crippen MR) is 127 cm³/mol. The predicted octanol–water partition coefficient (Wildman–Crippen LogP) is 6.62. The van der Waals surface area contributed by atoms with E-state index in [0.717, 1.165) is 13.1 Å². The van der Waals surface area contributed by atoms with Crippen LogP contribution >= 0.6 is 11.8 Å². The summed E-state index contributed by atoms with van der Waals surface area (Å²) in [5, 5.41) is 3.02. The zero-order valence-corrected chi connectivity index (χ0v) is 17.6. The number of aryl methyl sites for hydroxylation is 1. The van der Waals surface area contributed by atoms with Crippen molar-refractivity contribution in [1.29, 1.82) is 0 Å². The van der Waals surface area contributed by atoms with E-state index in [9.17, 15) is 0 Å². The molecule has 0 amide bonds. The van der Waals surface area contributed by atoms with Crippen LogP contribution in [0.3, 0.4) is 0 Å². The van der Waals surface area contributed by atoms with Crippen LogP contribution in [-0.2, 0) is 6.42 Å². The number of rotatable bonds is 4. The Morgan fingerprint density at radius 2 is 1.86 bits per heavy atom. The van der Waals surface area contributed by atoms with Gasteiger partial charge in [-0.2, -0.15) is 0 Å². The van der Waals surface area contributed by atoms with Gasteiger partial charge in [0.25, 0.3) is 0 Å². The molecule has 0 spiro atoms. The molecule has 0 saturated carbocycles. The first-order valence-electron chi connectivity index (χ1n) is 10.5. The van der Waals surface area contributed by atoms with Gasteiger partial charge in [0.05, 0.1) is 11.1 Å². The molecule has 0 bridgehead atoms. The second-order valence-electron chi connectivity index (χ2n) is 7.58. The van der Waals surface area contributed by atoms with Crippen molar-refractivity contribution >= 4 is 33.9 Å². The topological polar surface area (TPSA) is 6.48 Å². The minimum Gasteiger partial charge on any atom is -0.355 e. The van der Waals surface area contributed by atoms with Crippen molar-refractivity contribution in [3.8, 4) is 0 Å². The summed E-state index contributed by atoms with van der Waals surface area (Å²) in [5.74, 6) is 0. The maximum atomic E-state index is 2.52. The SMILES string of the molecule is CCN1c2c(ccc3ccccc23)SC1C=CC=CN1CCCc2ccccc21. The molecule has 29 heavy (non-hydrogen) atoms. The van der Waals surface area contributed by atoms with Gasteiger partial charge in [0, 0.05) is 35.3 Å². The van der Waals surface area contributed by atoms with Crippen LogP contribution in [0.15, 0.2) is 90.0 Å². The average molecular weight is 399 g/mol. The van der Waals surface area contributed by atoms with Crippen LogP contribution in [0.25, 0.3) is 10.8 Å². The molecule has 1 atom stereocenters. The quantitative estimate of drug-likeness (QED) is 0.456. The van der Waals surface area contributed by atoms with Gasteiger partial charge in [0.15, 0.2) is 0 Å². The number of anilines is 2. The van der Waals surface area contributed by atoms with Crippen LogP contribution < -0.4 is 9.80 Å². The monoisotopic (exact) mass is 398 g/mol. The summed E-state index contributed by atoms with van der Waals surface area (Å²) < 4.78 is 0. The van der Waals surface area contributed by atoms with E-state index < -0.39 is 0 Å². The lowest BCUT2D eigenvalue weighted by Crippen LogP contribution is -2.27. The van der Waals surface area contributed by atoms with Gasteiger partial charge in [0.2, 0.25) is 0 Å². The first kappa shape index (κ1) is 18.4. The largest absolute Gasteiger partial charge is 0.355 e. The summed E-state index contributed by atoms with van der Waals surface area (Å²) in [7, 11) is 0. The molecular formula is C26H26N2S. The highest BCUT2D eigenvalue weighted by atomic mass is 32.2. The van der Waals surface area contributed by atoms with Crippen LogP contribution in [0.4, 0.5) is 11.4 Å². The normalized spacial score (nSPS) is 18.7. The molecule has 1 unspecified atom stereocenters. The summed E-state index contributed by atoms with van der Waals surface area (Å²) in [6.45, 7) is 4.35. The fraction of sp³-hybridized carbons (Fsp3) is 0.231. The van der Waals surface area contributed by atoms with Gasteiger partial charge in [-0.15, -0.1) is 0 Å². The highest BCUT2D eigenvalue weighted by Gasteiger charge is 2.28. The van der Waals surface area contributed by atoms with Crippen molar-refractivity contribution in [2.24, 2.45) is 0 Å². The summed E-state index contributed by atoms with van der Waals surface area (Å²) in [4.78, 5) is 6.28. The van der Waals surface area contributed by atoms with Crippen molar-refractivity contribution in [2.45, 2.75) is 30.0 Å². The van der Waals surface area contributed by atoms with E-state index in [-0.39, 0.29) is 0 Å². The van der Waals surface area contributed by atoms with E-state index in [1.807, 2.05) is 11.8 Å². The van der Waals surface area contributed by atoms with Crippen LogP contribution in [0, 0.1) is 0 Å². The third kappa shape index (κ3) is 3.44. The van der Waals surface area contributed by atoms with E-state index >= 15 is 0 Å². The smallest absolute Gasteiger partial charge is 0.0985 e. The van der Waals surface area contributed by atoms with Gasteiger partial charge in [-0.05, 0) is 48.9 Å². The molecule has 2 aliphatic heterocycles. The number of likely N-dealkylation sites (N-methyl/N-ethyl adjacent to an activating group) is 1. The molecule has 0 radical (unpaired) electrons. The number of hydrogen-bond donors (Lipinski definition) is 0. The van der Waals surface area contributed by atoms with Crippen molar-refractivity contribution < 1.29 is 0 Å². The second-order valence-corrected chi connectivity index (χ2v) is 8.74. The molecule has 3 aromatic rings. The molecule has 2 aliphatic rings. The van der Waals surface area contributed by atoms with Crippen molar-refractivity contribution in [3.63, 3.8) is 0 Å².